The summed E-state index contributed by atoms with van der Waals surface area (Å²) in [4.78, 5) is 25.7. The van der Waals surface area contributed by atoms with E-state index in [9.17, 15) is 9.59 Å². The van der Waals surface area contributed by atoms with E-state index < -0.39 is 17.5 Å². The van der Waals surface area contributed by atoms with Crippen molar-refractivity contribution in [1.82, 2.24) is 4.90 Å². The van der Waals surface area contributed by atoms with Gasteiger partial charge in [-0.15, -0.1) is 0 Å². The van der Waals surface area contributed by atoms with E-state index >= 15 is 0 Å². The molecule has 122 valence electrons. The lowest BCUT2D eigenvalue weighted by Crippen LogP contribution is -2.29. The third kappa shape index (κ3) is 9.10. The average Bonchev–Trinajstić information content (AvgIpc) is 2.24. The standard InChI is InChI=1S/C16H29NO4/c1-11(2)9-13(10-14(18)21-16(4,5)6)15(19)20-12(3)17(7)8/h11,13H,3,9-10H2,1-2,4-8H3/t13-/m1/s1. The summed E-state index contributed by atoms with van der Waals surface area (Å²) in [5.74, 6) is -0.805. The minimum absolute atomic E-state index is 0.0228. The summed E-state index contributed by atoms with van der Waals surface area (Å²) in [5, 5.41) is 0. The molecule has 0 aromatic heterocycles. The molecule has 0 aliphatic rings. The fourth-order valence-corrected chi connectivity index (χ4v) is 1.71. The van der Waals surface area contributed by atoms with E-state index in [1.165, 1.54) is 0 Å². The van der Waals surface area contributed by atoms with Gasteiger partial charge in [-0.25, -0.2) is 0 Å². The smallest absolute Gasteiger partial charge is 0.316 e. The van der Waals surface area contributed by atoms with E-state index in [4.69, 9.17) is 9.47 Å². The highest BCUT2D eigenvalue weighted by molar-refractivity contribution is 5.80. The maximum Gasteiger partial charge on any atom is 0.316 e. The summed E-state index contributed by atoms with van der Waals surface area (Å²) < 4.78 is 10.5. The van der Waals surface area contributed by atoms with Crippen molar-refractivity contribution in [3.63, 3.8) is 0 Å². The van der Waals surface area contributed by atoms with Crippen molar-refractivity contribution >= 4 is 11.9 Å². The Hall–Kier alpha value is -1.52. The van der Waals surface area contributed by atoms with Crippen molar-refractivity contribution in [2.45, 2.75) is 53.1 Å². The van der Waals surface area contributed by atoms with Crippen LogP contribution in [0.4, 0.5) is 0 Å². The number of ether oxygens (including phenoxy) is 2. The van der Waals surface area contributed by atoms with Crippen molar-refractivity contribution in [1.29, 1.82) is 0 Å². The van der Waals surface area contributed by atoms with Crippen LogP contribution in [-0.2, 0) is 19.1 Å². The molecule has 5 heteroatoms. The minimum Gasteiger partial charge on any atom is -0.460 e. The third-order valence-electron chi connectivity index (χ3n) is 2.64. The first-order valence-electron chi connectivity index (χ1n) is 7.22. The van der Waals surface area contributed by atoms with E-state index in [0.29, 0.717) is 6.42 Å². The Morgan fingerprint density at radius 2 is 1.71 bits per heavy atom. The second-order valence-electron chi connectivity index (χ2n) is 6.83. The average molecular weight is 299 g/mol. The molecule has 21 heavy (non-hydrogen) atoms. The lowest BCUT2D eigenvalue weighted by Gasteiger charge is -2.23. The van der Waals surface area contributed by atoms with Crippen LogP contribution in [0, 0.1) is 11.8 Å². The van der Waals surface area contributed by atoms with E-state index in [0.717, 1.165) is 0 Å². The fraction of sp³-hybridized carbons (Fsp3) is 0.750. The molecule has 0 aromatic carbocycles. The Balaban J connectivity index is 4.76. The van der Waals surface area contributed by atoms with Crippen LogP contribution in [-0.4, -0.2) is 36.5 Å². The Morgan fingerprint density at radius 3 is 2.10 bits per heavy atom. The molecule has 0 radical (unpaired) electrons. The number of nitrogens with zero attached hydrogens (tertiary/aromatic N) is 1. The first-order valence-corrected chi connectivity index (χ1v) is 7.22. The van der Waals surface area contributed by atoms with Crippen molar-refractivity contribution < 1.29 is 19.1 Å². The maximum atomic E-state index is 12.2. The summed E-state index contributed by atoms with van der Waals surface area (Å²) in [7, 11) is 3.47. The summed E-state index contributed by atoms with van der Waals surface area (Å²) in [6, 6.07) is 0. The third-order valence-corrected chi connectivity index (χ3v) is 2.64. The Kier molecular flexibility index (Phi) is 7.47. The molecule has 0 saturated carbocycles. The summed E-state index contributed by atoms with van der Waals surface area (Å²) in [6.45, 7) is 13.1. The zero-order valence-electron chi connectivity index (χ0n) is 14.4. The molecule has 0 aromatic rings. The van der Waals surface area contributed by atoms with Crippen LogP contribution in [0.15, 0.2) is 12.5 Å². The molecule has 0 amide bonds. The molecule has 5 nitrogen and oxygen atoms in total. The molecule has 0 saturated heterocycles. The first kappa shape index (κ1) is 19.5. The van der Waals surface area contributed by atoms with Crippen molar-refractivity contribution in [3.05, 3.63) is 12.5 Å². The lowest BCUT2D eigenvalue weighted by molar-refractivity contribution is -0.161. The Labute approximate surface area is 128 Å². The van der Waals surface area contributed by atoms with Gasteiger partial charge in [-0.05, 0) is 39.7 Å². The number of carbonyl (C=O) groups excluding carboxylic acids is 2. The van der Waals surface area contributed by atoms with Crippen molar-refractivity contribution in [3.8, 4) is 0 Å². The first-order chi connectivity index (χ1) is 9.42. The summed E-state index contributed by atoms with van der Waals surface area (Å²) >= 11 is 0. The van der Waals surface area contributed by atoms with E-state index in [1.807, 2.05) is 13.8 Å². The minimum atomic E-state index is -0.559. The highest BCUT2D eigenvalue weighted by atomic mass is 16.6. The number of carbonyl (C=O) groups is 2. The van der Waals surface area contributed by atoms with Crippen LogP contribution in [0.25, 0.3) is 0 Å². The van der Waals surface area contributed by atoms with Gasteiger partial charge in [0, 0.05) is 14.1 Å². The SMILES string of the molecule is C=C(OC(=O)[C@@H](CC(=O)OC(C)(C)C)CC(C)C)N(C)C. The monoisotopic (exact) mass is 299 g/mol. The predicted octanol–water partition coefficient (Wildman–Crippen LogP) is 2.96. The zero-order valence-corrected chi connectivity index (χ0v) is 14.4. The van der Waals surface area contributed by atoms with Gasteiger partial charge in [0.05, 0.1) is 12.3 Å². The van der Waals surface area contributed by atoms with Crippen molar-refractivity contribution in [2.24, 2.45) is 11.8 Å². The van der Waals surface area contributed by atoms with Gasteiger partial charge >= 0.3 is 11.9 Å². The topological polar surface area (TPSA) is 55.8 Å². The summed E-state index contributed by atoms with van der Waals surface area (Å²) in [5.41, 5.74) is -0.559. The highest BCUT2D eigenvalue weighted by Crippen LogP contribution is 2.21. The largest absolute Gasteiger partial charge is 0.460 e. The van der Waals surface area contributed by atoms with Gasteiger partial charge in [0.15, 0.2) is 5.88 Å². The maximum absolute atomic E-state index is 12.2. The van der Waals surface area contributed by atoms with Crippen LogP contribution < -0.4 is 0 Å². The molecule has 0 bridgehead atoms. The number of rotatable bonds is 7. The number of esters is 2. The molecule has 0 heterocycles. The summed E-state index contributed by atoms with van der Waals surface area (Å²) in [6.07, 6.45) is 0.591. The molecular formula is C16H29NO4. The second kappa shape index (κ2) is 8.05. The van der Waals surface area contributed by atoms with Gasteiger partial charge in [0.1, 0.15) is 5.60 Å². The van der Waals surface area contributed by atoms with Crippen LogP contribution in [0.2, 0.25) is 0 Å². The fourth-order valence-electron chi connectivity index (χ4n) is 1.71. The van der Waals surface area contributed by atoms with E-state index in [-0.39, 0.29) is 24.2 Å². The molecule has 1 atom stereocenters. The number of hydrogen-bond donors (Lipinski definition) is 0. The van der Waals surface area contributed by atoms with Gasteiger partial charge < -0.3 is 14.4 Å². The molecule has 0 aliphatic heterocycles. The second-order valence-corrected chi connectivity index (χ2v) is 6.83. The molecule has 0 rings (SSSR count). The molecule has 0 aliphatic carbocycles. The molecule has 0 unspecified atom stereocenters. The van der Waals surface area contributed by atoms with Crippen LogP contribution >= 0.6 is 0 Å². The van der Waals surface area contributed by atoms with Gasteiger partial charge in [0.2, 0.25) is 0 Å². The van der Waals surface area contributed by atoms with Gasteiger partial charge in [-0.3, -0.25) is 9.59 Å². The van der Waals surface area contributed by atoms with Gasteiger partial charge in [-0.2, -0.15) is 0 Å². The van der Waals surface area contributed by atoms with Gasteiger partial charge in [-0.1, -0.05) is 13.8 Å². The number of hydrogen-bond acceptors (Lipinski definition) is 5. The highest BCUT2D eigenvalue weighted by Gasteiger charge is 2.28. The molecule has 0 fully saturated rings. The van der Waals surface area contributed by atoms with Gasteiger partial charge in [0.25, 0.3) is 0 Å². The molecule has 0 spiro atoms. The zero-order chi connectivity index (χ0) is 16.8. The van der Waals surface area contributed by atoms with Crippen LogP contribution in [0.1, 0.15) is 47.5 Å². The van der Waals surface area contributed by atoms with E-state index in [1.54, 1.807) is 39.8 Å². The Morgan fingerprint density at radius 1 is 1.19 bits per heavy atom. The normalized spacial score (nSPS) is 12.8. The van der Waals surface area contributed by atoms with E-state index in [2.05, 4.69) is 6.58 Å². The van der Waals surface area contributed by atoms with Crippen LogP contribution in [0.5, 0.6) is 0 Å². The molecule has 0 N–H and O–H groups in total. The lowest BCUT2D eigenvalue weighted by atomic mass is 9.94. The quantitative estimate of drug-likeness (QED) is 0.534. The van der Waals surface area contributed by atoms with Crippen molar-refractivity contribution in [2.75, 3.05) is 14.1 Å². The molecular weight excluding hydrogens is 270 g/mol. The Bertz CT molecular complexity index is 380. The van der Waals surface area contributed by atoms with Crippen LogP contribution in [0.3, 0.4) is 0 Å². The predicted molar refractivity (Wildman–Crippen MR) is 82.3 cm³/mol.